The Balaban J connectivity index is 1.46. The monoisotopic (exact) mass is 369 g/mol. The third kappa shape index (κ3) is 3.37. The van der Waals surface area contributed by atoms with E-state index in [2.05, 4.69) is 15.0 Å². The van der Waals surface area contributed by atoms with Gasteiger partial charge in [-0.2, -0.15) is 0 Å². The van der Waals surface area contributed by atoms with E-state index in [9.17, 15) is 4.79 Å². The van der Waals surface area contributed by atoms with Crippen LogP contribution in [0.15, 0.2) is 36.5 Å². The molecule has 6 nitrogen and oxygen atoms in total. The molecule has 1 aliphatic rings. The molecule has 0 atom stereocenters. The van der Waals surface area contributed by atoms with Crippen molar-refractivity contribution in [2.24, 2.45) is 0 Å². The van der Waals surface area contributed by atoms with Crippen LogP contribution < -0.4 is 4.90 Å². The second-order valence-electron chi connectivity index (χ2n) is 6.61. The molecule has 3 heterocycles. The molecule has 26 heavy (non-hydrogen) atoms. The largest absolute Gasteiger partial charge is 0.352 e. The molecule has 1 fully saturated rings. The van der Waals surface area contributed by atoms with Gasteiger partial charge < -0.3 is 14.8 Å². The van der Waals surface area contributed by atoms with Gasteiger partial charge in [0, 0.05) is 31.4 Å². The van der Waals surface area contributed by atoms with E-state index in [1.807, 2.05) is 47.2 Å². The number of H-pyrrole nitrogens is 1. The molecule has 0 unspecified atom stereocenters. The fourth-order valence-electron chi connectivity index (χ4n) is 3.26. The number of aromatic nitrogens is 3. The Kier molecular flexibility index (Phi) is 4.51. The van der Waals surface area contributed by atoms with E-state index in [-0.39, 0.29) is 5.91 Å². The zero-order valence-corrected chi connectivity index (χ0v) is 15.3. The smallest absolute Gasteiger partial charge is 0.255 e. The van der Waals surface area contributed by atoms with Crippen molar-refractivity contribution in [3.63, 3.8) is 0 Å². The number of carbonyl (C=O) groups excluding carboxylic acids is 1. The predicted molar refractivity (Wildman–Crippen MR) is 103 cm³/mol. The van der Waals surface area contributed by atoms with Gasteiger partial charge in [-0.25, -0.2) is 9.97 Å². The van der Waals surface area contributed by atoms with Crippen LogP contribution in [0.2, 0.25) is 5.02 Å². The number of hydrogen-bond donors (Lipinski definition) is 1. The van der Waals surface area contributed by atoms with Crippen molar-refractivity contribution in [3.05, 3.63) is 52.9 Å². The minimum absolute atomic E-state index is 0.0679. The van der Waals surface area contributed by atoms with Crippen molar-refractivity contribution in [2.45, 2.75) is 19.4 Å². The Hall–Kier alpha value is -2.60. The highest BCUT2D eigenvalue weighted by molar-refractivity contribution is 6.31. The van der Waals surface area contributed by atoms with E-state index in [0.717, 1.165) is 48.6 Å². The molecule has 7 heteroatoms. The van der Waals surface area contributed by atoms with Crippen LogP contribution in [0.4, 0.5) is 5.82 Å². The summed E-state index contributed by atoms with van der Waals surface area (Å²) in [6, 6.07) is 9.32. The number of aromatic amines is 1. The van der Waals surface area contributed by atoms with E-state index >= 15 is 0 Å². The minimum Gasteiger partial charge on any atom is -0.352 e. The average molecular weight is 370 g/mol. The van der Waals surface area contributed by atoms with Gasteiger partial charge >= 0.3 is 0 Å². The standard InChI is InChI=1S/C19H20ClN5O/c1-24(12-17-22-15-6-5-14(20)10-16(15)23-17)18-7-4-13(11-21-18)19(26)25-8-2-3-9-25/h4-7,10-11H,2-3,8-9,12H2,1H3,(H,22,23). The molecule has 2 aromatic heterocycles. The normalized spacial score (nSPS) is 14.2. The number of likely N-dealkylation sites (tertiary alicyclic amines) is 1. The molecular weight excluding hydrogens is 350 g/mol. The Bertz CT molecular complexity index is 931. The summed E-state index contributed by atoms with van der Waals surface area (Å²) in [7, 11) is 1.95. The fourth-order valence-corrected chi connectivity index (χ4v) is 3.43. The molecule has 1 aromatic carbocycles. The van der Waals surface area contributed by atoms with Crippen molar-refractivity contribution in [1.82, 2.24) is 19.9 Å². The summed E-state index contributed by atoms with van der Waals surface area (Å²) in [5.41, 5.74) is 2.44. The van der Waals surface area contributed by atoms with E-state index < -0.39 is 0 Å². The molecule has 1 saturated heterocycles. The maximum Gasteiger partial charge on any atom is 0.255 e. The predicted octanol–water partition coefficient (Wildman–Crippen LogP) is 3.48. The summed E-state index contributed by atoms with van der Waals surface area (Å²) in [4.78, 5) is 28.6. The lowest BCUT2D eigenvalue weighted by Gasteiger charge is -2.18. The van der Waals surface area contributed by atoms with Crippen molar-refractivity contribution in [3.8, 4) is 0 Å². The minimum atomic E-state index is 0.0679. The summed E-state index contributed by atoms with van der Waals surface area (Å²) in [6.07, 6.45) is 3.83. The van der Waals surface area contributed by atoms with E-state index in [1.165, 1.54) is 0 Å². The van der Waals surface area contributed by atoms with E-state index in [4.69, 9.17) is 11.6 Å². The Morgan fingerprint density at radius 2 is 2.08 bits per heavy atom. The van der Waals surface area contributed by atoms with Crippen LogP contribution in [0.1, 0.15) is 29.0 Å². The molecule has 1 amide bonds. The maximum absolute atomic E-state index is 12.4. The van der Waals surface area contributed by atoms with Crippen molar-refractivity contribution in [2.75, 3.05) is 25.0 Å². The van der Waals surface area contributed by atoms with Gasteiger partial charge in [0.2, 0.25) is 0 Å². The first kappa shape index (κ1) is 16.8. The first-order valence-electron chi connectivity index (χ1n) is 8.71. The number of carbonyl (C=O) groups is 1. The first-order chi connectivity index (χ1) is 12.6. The van der Waals surface area contributed by atoms with Gasteiger partial charge in [-0.3, -0.25) is 4.79 Å². The third-order valence-corrected chi connectivity index (χ3v) is 4.89. The summed E-state index contributed by atoms with van der Waals surface area (Å²) >= 11 is 6.02. The zero-order chi connectivity index (χ0) is 18.1. The van der Waals surface area contributed by atoms with Crippen LogP contribution in [-0.2, 0) is 6.54 Å². The van der Waals surface area contributed by atoms with Gasteiger partial charge in [-0.15, -0.1) is 0 Å². The third-order valence-electron chi connectivity index (χ3n) is 4.66. The number of halogens is 1. The lowest BCUT2D eigenvalue weighted by Crippen LogP contribution is -2.27. The summed E-state index contributed by atoms with van der Waals surface area (Å²) in [5, 5.41) is 0.681. The van der Waals surface area contributed by atoms with Crippen molar-refractivity contribution < 1.29 is 4.79 Å². The number of benzene rings is 1. The van der Waals surface area contributed by atoms with E-state index in [0.29, 0.717) is 17.1 Å². The quantitative estimate of drug-likeness (QED) is 0.764. The van der Waals surface area contributed by atoms with Gasteiger partial charge in [0.25, 0.3) is 5.91 Å². The number of pyridine rings is 1. The Morgan fingerprint density at radius 3 is 2.81 bits per heavy atom. The van der Waals surface area contributed by atoms with Gasteiger partial charge in [-0.1, -0.05) is 11.6 Å². The number of nitrogens with one attached hydrogen (secondary N) is 1. The van der Waals surface area contributed by atoms with Gasteiger partial charge in [0.1, 0.15) is 11.6 Å². The van der Waals surface area contributed by atoms with Gasteiger partial charge in [0.15, 0.2) is 0 Å². The highest BCUT2D eigenvalue weighted by Crippen LogP contribution is 2.19. The summed E-state index contributed by atoms with van der Waals surface area (Å²) < 4.78 is 0. The summed E-state index contributed by atoms with van der Waals surface area (Å²) in [6.45, 7) is 2.27. The topological polar surface area (TPSA) is 65.1 Å². The van der Waals surface area contributed by atoms with E-state index in [1.54, 1.807) is 6.20 Å². The zero-order valence-electron chi connectivity index (χ0n) is 14.6. The number of anilines is 1. The number of rotatable bonds is 4. The number of amides is 1. The van der Waals surface area contributed by atoms with Crippen LogP contribution in [0, 0.1) is 0 Å². The molecule has 0 saturated carbocycles. The number of fused-ring (bicyclic) bond motifs is 1. The fraction of sp³-hybridized carbons (Fsp3) is 0.316. The molecule has 0 bridgehead atoms. The highest BCUT2D eigenvalue weighted by atomic mass is 35.5. The molecule has 1 N–H and O–H groups in total. The Labute approximate surface area is 156 Å². The molecule has 4 rings (SSSR count). The van der Waals surface area contributed by atoms with Gasteiger partial charge in [-0.05, 0) is 43.2 Å². The van der Waals surface area contributed by atoms with Crippen LogP contribution in [0.25, 0.3) is 11.0 Å². The Morgan fingerprint density at radius 1 is 1.27 bits per heavy atom. The maximum atomic E-state index is 12.4. The lowest BCUT2D eigenvalue weighted by molar-refractivity contribution is 0.0792. The van der Waals surface area contributed by atoms with Crippen LogP contribution >= 0.6 is 11.6 Å². The molecule has 0 radical (unpaired) electrons. The SMILES string of the molecule is CN(Cc1nc2ccc(Cl)cc2[nH]1)c1ccc(C(=O)N2CCCC2)cn1. The lowest BCUT2D eigenvalue weighted by atomic mass is 10.2. The number of nitrogens with zero attached hydrogens (tertiary/aromatic N) is 4. The number of imidazole rings is 1. The molecule has 1 aliphatic heterocycles. The second-order valence-corrected chi connectivity index (χ2v) is 7.04. The molecule has 0 spiro atoms. The average Bonchev–Trinajstić information content (AvgIpc) is 3.30. The van der Waals surface area contributed by atoms with Gasteiger partial charge in [0.05, 0.1) is 23.1 Å². The van der Waals surface area contributed by atoms with Crippen LogP contribution in [0.3, 0.4) is 0 Å². The molecule has 134 valence electrons. The van der Waals surface area contributed by atoms with Crippen LogP contribution in [0.5, 0.6) is 0 Å². The summed E-state index contributed by atoms with van der Waals surface area (Å²) in [5.74, 6) is 1.70. The number of hydrogen-bond acceptors (Lipinski definition) is 4. The van der Waals surface area contributed by atoms with Crippen LogP contribution in [-0.4, -0.2) is 45.9 Å². The second kappa shape index (κ2) is 6.96. The molecule has 0 aliphatic carbocycles. The molecule has 3 aromatic rings. The van der Waals surface area contributed by atoms with Crippen molar-refractivity contribution in [1.29, 1.82) is 0 Å². The first-order valence-corrected chi connectivity index (χ1v) is 9.08. The molecular formula is C19H20ClN5O. The van der Waals surface area contributed by atoms with Crippen molar-refractivity contribution >= 4 is 34.4 Å². The highest BCUT2D eigenvalue weighted by Gasteiger charge is 2.19.